The predicted molar refractivity (Wildman–Crippen MR) is 80.0 cm³/mol. The van der Waals surface area contributed by atoms with Gasteiger partial charge in [0.05, 0.1) is 24.5 Å². The standard InChI is InChI=1S/C15H26N4O/c1-18-7-3-2-5-14(18)10-16-13-9-17-19(11-13)12-15-6-4-8-20-15/h9,11,14-16H,2-8,10,12H2,1H3. The van der Waals surface area contributed by atoms with Crippen molar-refractivity contribution in [3.63, 3.8) is 0 Å². The van der Waals surface area contributed by atoms with Crippen LogP contribution in [0.1, 0.15) is 32.1 Å². The normalized spacial score (nSPS) is 27.9. The van der Waals surface area contributed by atoms with Crippen LogP contribution in [0.25, 0.3) is 0 Å². The number of anilines is 1. The summed E-state index contributed by atoms with van der Waals surface area (Å²) in [6, 6.07) is 0.658. The molecule has 3 rings (SSSR count). The Balaban J connectivity index is 1.46. The third kappa shape index (κ3) is 3.52. The van der Waals surface area contributed by atoms with Gasteiger partial charge in [0.25, 0.3) is 0 Å². The number of rotatable bonds is 5. The van der Waals surface area contributed by atoms with Gasteiger partial charge in [-0.2, -0.15) is 5.10 Å². The number of aromatic nitrogens is 2. The molecule has 2 aliphatic rings. The minimum absolute atomic E-state index is 0.354. The summed E-state index contributed by atoms with van der Waals surface area (Å²) in [4.78, 5) is 2.47. The average Bonchev–Trinajstić information content (AvgIpc) is 3.10. The van der Waals surface area contributed by atoms with Crippen molar-refractivity contribution in [2.75, 3.05) is 32.1 Å². The molecule has 0 spiro atoms. The van der Waals surface area contributed by atoms with Crippen LogP contribution in [0.5, 0.6) is 0 Å². The van der Waals surface area contributed by atoms with E-state index in [4.69, 9.17) is 4.74 Å². The van der Waals surface area contributed by atoms with Gasteiger partial charge in [-0.25, -0.2) is 0 Å². The first-order valence-electron chi connectivity index (χ1n) is 7.89. The Morgan fingerprint density at radius 2 is 2.30 bits per heavy atom. The molecule has 3 heterocycles. The van der Waals surface area contributed by atoms with Crippen LogP contribution in [0.2, 0.25) is 0 Å². The highest BCUT2D eigenvalue weighted by molar-refractivity contribution is 5.38. The second-order valence-electron chi connectivity index (χ2n) is 6.10. The molecule has 2 fully saturated rings. The SMILES string of the molecule is CN1CCCCC1CNc1cnn(CC2CCCO2)c1. The van der Waals surface area contributed by atoms with Gasteiger partial charge < -0.3 is 15.0 Å². The van der Waals surface area contributed by atoms with E-state index in [1.807, 2.05) is 10.9 Å². The van der Waals surface area contributed by atoms with Crippen LogP contribution in [0.15, 0.2) is 12.4 Å². The lowest BCUT2D eigenvalue weighted by molar-refractivity contribution is 0.0940. The van der Waals surface area contributed by atoms with Gasteiger partial charge in [-0.15, -0.1) is 0 Å². The van der Waals surface area contributed by atoms with E-state index < -0.39 is 0 Å². The topological polar surface area (TPSA) is 42.3 Å². The van der Waals surface area contributed by atoms with Crippen molar-refractivity contribution in [2.24, 2.45) is 0 Å². The molecule has 2 unspecified atom stereocenters. The van der Waals surface area contributed by atoms with E-state index in [9.17, 15) is 0 Å². The van der Waals surface area contributed by atoms with E-state index in [-0.39, 0.29) is 0 Å². The van der Waals surface area contributed by atoms with Crippen molar-refractivity contribution >= 4 is 5.69 Å². The zero-order valence-electron chi connectivity index (χ0n) is 12.4. The summed E-state index contributed by atoms with van der Waals surface area (Å²) in [7, 11) is 2.23. The van der Waals surface area contributed by atoms with Crippen LogP contribution >= 0.6 is 0 Å². The van der Waals surface area contributed by atoms with Crippen LogP contribution in [0, 0.1) is 0 Å². The van der Waals surface area contributed by atoms with Gasteiger partial charge in [-0.05, 0) is 39.3 Å². The highest BCUT2D eigenvalue weighted by atomic mass is 16.5. The lowest BCUT2D eigenvalue weighted by Crippen LogP contribution is -2.40. The number of hydrogen-bond donors (Lipinski definition) is 1. The maximum Gasteiger partial charge on any atom is 0.0771 e. The first kappa shape index (κ1) is 13.9. The number of piperidine rings is 1. The van der Waals surface area contributed by atoms with Gasteiger partial charge in [0.1, 0.15) is 0 Å². The molecule has 0 saturated carbocycles. The molecule has 2 saturated heterocycles. The molecule has 5 nitrogen and oxygen atoms in total. The molecule has 112 valence electrons. The van der Waals surface area contributed by atoms with Crippen molar-refractivity contribution in [3.8, 4) is 0 Å². The van der Waals surface area contributed by atoms with Gasteiger partial charge >= 0.3 is 0 Å². The van der Waals surface area contributed by atoms with Crippen molar-refractivity contribution in [1.29, 1.82) is 0 Å². The summed E-state index contributed by atoms with van der Waals surface area (Å²) in [5.41, 5.74) is 1.13. The second-order valence-corrected chi connectivity index (χ2v) is 6.10. The van der Waals surface area contributed by atoms with Crippen LogP contribution in [0.3, 0.4) is 0 Å². The minimum Gasteiger partial charge on any atom is -0.381 e. The molecule has 0 amide bonds. The van der Waals surface area contributed by atoms with Gasteiger partial charge in [0.15, 0.2) is 0 Å². The third-order valence-electron chi connectivity index (χ3n) is 4.51. The summed E-state index contributed by atoms with van der Waals surface area (Å²) < 4.78 is 7.65. The molecule has 0 radical (unpaired) electrons. The number of ether oxygens (including phenoxy) is 1. The number of nitrogens with zero attached hydrogens (tertiary/aromatic N) is 3. The molecule has 0 aliphatic carbocycles. The fourth-order valence-corrected chi connectivity index (χ4v) is 3.19. The van der Waals surface area contributed by atoms with E-state index in [1.165, 1.54) is 32.2 Å². The van der Waals surface area contributed by atoms with Crippen LogP contribution in [0.4, 0.5) is 5.69 Å². The lowest BCUT2D eigenvalue weighted by Gasteiger charge is -2.32. The fourth-order valence-electron chi connectivity index (χ4n) is 3.19. The Morgan fingerprint density at radius 1 is 1.35 bits per heavy atom. The molecule has 20 heavy (non-hydrogen) atoms. The predicted octanol–water partition coefficient (Wildman–Crippen LogP) is 1.96. The fraction of sp³-hybridized carbons (Fsp3) is 0.800. The Morgan fingerprint density at radius 3 is 3.10 bits per heavy atom. The highest BCUT2D eigenvalue weighted by Gasteiger charge is 2.19. The van der Waals surface area contributed by atoms with E-state index in [2.05, 4.69) is 28.6 Å². The van der Waals surface area contributed by atoms with Gasteiger partial charge in [-0.1, -0.05) is 6.42 Å². The number of likely N-dealkylation sites (N-methyl/N-ethyl adjacent to an activating group) is 1. The van der Waals surface area contributed by atoms with E-state index in [1.54, 1.807) is 0 Å². The van der Waals surface area contributed by atoms with Crippen molar-refractivity contribution < 1.29 is 4.74 Å². The Kier molecular flexibility index (Phi) is 4.58. The molecule has 2 atom stereocenters. The molecule has 1 N–H and O–H groups in total. The average molecular weight is 278 g/mol. The van der Waals surface area contributed by atoms with E-state index in [0.29, 0.717) is 12.1 Å². The first-order valence-corrected chi connectivity index (χ1v) is 7.89. The van der Waals surface area contributed by atoms with Gasteiger partial charge in [0, 0.05) is 25.4 Å². The Labute approximate surface area is 121 Å². The maximum absolute atomic E-state index is 5.65. The zero-order valence-corrected chi connectivity index (χ0v) is 12.4. The summed E-state index contributed by atoms with van der Waals surface area (Å²) in [6.45, 7) is 4.03. The summed E-state index contributed by atoms with van der Waals surface area (Å²) in [6.07, 6.45) is 10.7. The Bertz CT molecular complexity index is 414. The zero-order chi connectivity index (χ0) is 13.8. The highest BCUT2D eigenvalue weighted by Crippen LogP contribution is 2.17. The van der Waals surface area contributed by atoms with Crippen LogP contribution < -0.4 is 5.32 Å². The van der Waals surface area contributed by atoms with E-state index in [0.717, 1.165) is 31.8 Å². The molecule has 2 aliphatic heterocycles. The Hall–Kier alpha value is -1.07. The largest absolute Gasteiger partial charge is 0.381 e. The molecule has 1 aromatic heterocycles. The summed E-state index contributed by atoms with van der Waals surface area (Å²) in [5.74, 6) is 0. The number of likely N-dealkylation sites (tertiary alicyclic amines) is 1. The quantitative estimate of drug-likeness (QED) is 0.894. The third-order valence-corrected chi connectivity index (χ3v) is 4.51. The molecule has 5 heteroatoms. The summed E-state index contributed by atoms with van der Waals surface area (Å²) in [5, 5.41) is 7.95. The molecular weight excluding hydrogens is 252 g/mol. The van der Waals surface area contributed by atoms with Crippen molar-refractivity contribution in [1.82, 2.24) is 14.7 Å². The summed E-state index contributed by atoms with van der Waals surface area (Å²) >= 11 is 0. The number of hydrogen-bond acceptors (Lipinski definition) is 4. The molecule has 1 aromatic rings. The van der Waals surface area contributed by atoms with Crippen molar-refractivity contribution in [3.05, 3.63) is 12.4 Å². The monoisotopic (exact) mass is 278 g/mol. The molecular formula is C15H26N4O. The lowest BCUT2D eigenvalue weighted by atomic mass is 10.0. The van der Waals surface area contributed by atoms with Crippen LogP contribution in [-0.2, 0) is 11.3 Å². The van der Waals surface area contributed by atoms with Crippen molar-refractivity contribution in [2.45, 2.75) is 50.8 Å². The minimum atomic E-state index is 0.354. The molecule has 0 bridgehead atoms. The van der Waals surface area contributed by atoms with Crippen LogP contribution in [-0.4, -0.2) is 53.6 Å². The smallest absolute Gasteiger partial charge is 0.0771 e. The first-order chi connectivity index (χ1) is 9.81. The van der Waals surface area contributed by atoms with E-state index >= 15 is 0 Å². The molecule has 0 aromatic carbocycles. The second kappa shape index (κ2) is 6.59. The number of nitrogens with one attached hydrogen (secondary N) is 1. The van der Waals surface area contributed by atoms with Gasteiger partial charge in [0.2, 0.25) is 0 Å². The maximum atomic E-state index is 5.65. The van der Waals surface area contributed by atoms with Gasteiger partial charge in [-0.3, -0.25) is 4.68 Å².